The maximum Gasteiger partial charge on any atom is 0.323 e. The van der Waals surface area contributed by atoms with Gasteiger partial charge in [0, 0.05) is 25.4 Å². The highest BCUT2D eigenvalue weighted by atomic mass is 19.1. The van der Waals surface area contributed by atoms with Crippen molar-refractivity contribution in [1.29, 1.82) is 0 Å². The molecule has 0 spiro atoms. The Hall–Kier alpha value is -4.19. The van der Waals surface area contributed by atoms with Crippen LogP contribution in [0.5, 0.6) is 5.75 Å². The van der Waals surface area contributed by atoms with E-state index in [4.69, 9.17) is 9.47 Å². The normalized spacial score (nSPS) is 19.6. The zero-order valence-corrected chi connectivity index (χ0v) is 20.8. The number of urea groups is 1. The summed E-state index contributed by atoms with van der Waals surface area (Å²) < 4.78 is 24.1. The lowest BCUT2D eigenvalue weighted by Crippen LogP contribution is -2.56. The Balaban J connectivity index is 1.58. The van der Waals surface area contributed by atoms with Crippen LogP contribution in [0, 0.1) is 5.82 Å². The van der Waals surface area contributed by atoms with Crippen LogP contribution < -0.4 is 15.4 Å². The van der Waals surface area contributed by atoms with Crippen molar-refractivity contribution in [1.82, 2.24) is 15.1 Å². The molecule has 4 rings (SSSR count). The van der Waals surface area contributed by atoms with Crippen LogP contribution in [-0.4, -0.2) is 77.8 Å². The van der Waals surface area contributed by atoms with E-state index < -0.39 is 54.4 Å². The van der Waals surface area contributed by atoms with Crippen LogP contribution in [0.15, 0.2) is 48.5 Å². The minimum atomic E-state index is -1.35. The van der Waals surface area contributed by atoms with E-state index in [2.05, 4.69) is 10.6 Å². The van der Waals surface area contributed by atoms with Crippen LogP contribution in [0.1, 0.15) is 30.9 Å². The molecule has 2 fully saturated rings. The Morgan fingerprint density at radius 2 is 1.76 bits per heavy atom. The summed E-state index contributed by atoms with van der Waals surface area (Å²) in [6.07, 6.45) is -1.35. The number of nitrogens with one attached hydrogen (secondary N) is 2. The number of hydrogen-bond donors (Lipinski definition) is 3. The van der Waals surface area contributed by atoms with E-state index in [1.54, 1.807) is 24.3 Å². The fourth-order valence-corrected chi connectivity index (χ4v) is 4.55. The molecular formula is C26H29FN4O7. The van der Waals surface area contributed by atoms with Gasteiger partial charge in [-0.3, -0.25) is 19.3 Å². The van der Waals surface area contributed by atoms with Crippen molar-refractivity contribution in [3.05, 3.63) is 59.9 Å². The number of ether oxygens (including phenoxy) is 2. The second-order valence-electron chi connectivity index (χ2n) is 8.97. The predicted octanol–water partition coefficient (Wildman–Crippen LogP) is 2.35. The molecule has 0 radical (unpaired) electrons. The van der Waals surface area contributed by atoms with Crippen molar-refractivity contribution in [2.45, 2.75) is 37.6 Å². The van der Waals surface area contributed by atoms with Gasteiger partial charge in [-0.1, -0.05) is 12.1 Å². The number of carboxylic acids is 1. The van der Waals surface area contributed by atoms with Gasteiger partial charge in [0.2, 0.25) is 0 Å². The SMILES string of the molecule is COc1ccc(NC(=O)N2CCN(C(=O)C3CCCO3)C2C(=O)NC(CC(=O)O)c2ccc(F)cc2)cc1. The molecule has 11 nitrogen and oxygen atoms in total. The van der Waals surface area contributed by atoms with Crippen molar-refractivity contribution in [2.75, 3.05) is 32.1 Å². The molecular weight excluding hydrogens is 499 g/mol. The smallest absolute Gasteiger partial charge is 0.323 e. The molecule has 12 heteroatoms. The molecule has 3 unspecified atom stereocenters. The van der Waals surface area contributed by atoms with Gasteiger partial charge in [-0.2, -0.15) is 0 Å². The van der Waals surface area contributed by atoms with E-state index in [1.165, 1.54) is 29.0 Å². The van der Waals surface area contributed by atoms with Crippen molar-refractivity contribution < 1.29 is 38.1 Å². The van der Waals surface area contributed by atoms with Crippen molar-refractivity contribution in [3.63, 3.8) is 0 Å². The lowest BCUT2D eigenvalue weighted by atomic mass is 10.0. The third-order valence-electron chi connectivity index (χ3n) is 6.46. The molecule has 3 atom stereocenters. The summed E-state index contributed by atoms with van der Waals surface area (Å²) in [6.45, 7) is 0.583. The van der Waals surface area contributed by atoms with Gasteiger partial charge >= 0.3 is 12.0 Å². The molecule has 4 amide bonds. The van der Waals surface area contributed by atoms with Crippen molar-refractivity contribution in [2.24, 2.45) is 0 Å². The third-order valence-corrected chi connectivity index (χ3v) is 6.46. The fourth-order valence-electron chi connectivity index (χ4n) is 4.55. The number of nitrogens with zero attached hydrogens (tertiary/aromatic N) is 2. The Morgan fingerprint density at radius 1 is 1.08 bits per heavy atom. The number of methoxy groups -OCH3 is 1. The molecule has 0 aromatic heterocycles. The summed E-state index contributed by atoms with van der Waals surface area (Å²) >= 11 is 0. The Labute approximate surface area is 218 Å². The van der Waals surface area contributed by atoms with Crippen LogP contribution in [0.25, 0.3) is 0 Å². The van der Waals surface area contributed by atoms with Crippen molar-refractivity contribution >= 4 is 29.5 Å². The van der Waals surface area contributed by atoms with E-state index in [0.717, 1.165) is 12.1 Å². The van der Waals surface area contributed by atoms with Crippen LogP contribution >= 0.6 is 0 Å². The average molecular weight is 529 g/mol. The van der Waals surface area contributed by atoms with Gasteiger partial charge in [0.25, 0.3) is 11.8 Å². The van der Waals surface area contributed by atoms with Gasteiger partial charge in [0.15, 0.2) is 6.17 Å². The van der Waals surface area contributed by atoms with E-state index >= 15 is 0 Å². The molecule has 2 heterocycles. The van der Waals surface area contributed by atoms with Crippen molar-refractivity contribution in [3.8, 4) is 5.75 Å². The number of halogens is 1. The second-order valence-corrected chi connectivity index (χ2v) is 8.97. The first kappa shape index (κ1) is 26.9. The van der Waals surface area contributed by atoms with Crippen LogP contribution in [0.2, 0.25) is 0 Å². The highest BCUT2D eigenvalue weighted by Gasteiger charge is 2.45. The van der Waals surface area contributed by atoms with E-state index in [0.29, 0.717) is 36.4 Å². The summed E-state index contributed by atoms with van der Waals surface area (Å²) in [7, 11) is 1.52. The summed E-state index contributed by atoms with van der Waals surface area (Å²) in [5.41, 5.74) is 0.820. The number of amides is 4. The third kappa shape index (κ3) is 6.20. The monoisotopic (exact) mass is 528 g/mol. The molecule has 2 saturated heterocycles. The molecule has 2 aromatic carbocycles. The number of aliphatic carboxylic acids is 1. The Morgan fingerprint density at radius 3 is 2.37 bits per heavy atom. The van der Waals surface area contributed by atoms with Gasteiger partial charge in [-0.15, -0.1) is 0 Å². The standard InChI is InChI=1S/C26H29FN4O7/c1-37-19-10-8-18(9-11-19)28-26(36)31-13-12-30(25(35)21-3-2-14-38-21)24(31)23(34)29-20(15-22(32)33)16-4-6-17(27)7-5-16/h4-11,20-21,24H,2-3,12-15H2,1H3,(H,28,36)(H,29,34)(H,32,33). The second kappa shape index (κ2) is 11.9. The van der Waals surface area contributed by atoms with E-state index in [9.17, 15) is 28.7 Å². The number of hydrogen-bond acceptors (Lipinski definition) is 6. The molecule has 0 saturated carbocycles. The number of carbonyl (C=O) groups is 4. The maximum absolute atomic E-state index is 13.6. The molecule has 2 aliphatic heterocycles. The number of carbonyl (C=O) groups excluding carboxylic acids is 3. The number of benzene rings is 2. The summed E-state index contributed by atoms with van der Waals surface area (Å²) in [4.78, 5) is 54.1. The van der Waals surface area contributed by atoms with Gasteiger partial charge in [0.1, 0.15) is 17.7 Å². The molecule has 2 aliphatic rings. The van der Waals surface area contributed by atoms with Crippen LogP contribution in [-0.2, 0) is 19.1 Å². The molecule has 202 valence electrons. The van der Waals surface area contributed by atoms with Gasteiger partial charge in [0.05, 0.1) is 19.6 Å². The van der Waals surface area contributed by atoms with E-state index in [-0.39, 0.29) is 13.1 Å². The lowest BCUT2D eigenvalue weighted by molar-refractivity contribution is -0.148. The average Bonchev–Trinajstić information content (AvgIpc) is 3.59. The zero-order chi connectivity index (χ0) is 27.2. The molecule has 0 bridgehead atoms. The summed E-state index contributed by atoms with van der Waals surface area (Å²) in [5.74, 6) is -2.26. The van der Waals surface area contributed by atoms with Crippen LogP contribution in [0.3, 0.4) is 0 Å². The summed E-state index contributed by atoms with van der Waals surface area (Å²) in [5, 5.41) is 14.8. The van der Waals surface area contributed by atoms with Gasteiger partial charge < -0.3 is 30.1 Å². The molecule has 0 aliphatic carbocycles. The van der Waals surface area contributed by atoms with E-state index in [1.807, 2.05) is 0 Å². The molecule has 3 N–H and O–H groups in total. The number of carboxylic acid groups (broad SMARTS) is 1. The minimum absolute atomic E-state index is 0.0681. The quantitative estimate of drug-likeness (QED) is 0.478. The first-order valence-electron chi connectivity index (χ1n) is 12.2. The number of rotatable bonds is 8. The van der Waals surface area contributed by atoms with Gasteiger partial charge in [-0.25, -0.2) is 9.18 Å². The first-order chi connectivity index (χ1) is 18.3. The van der Waals surface area contributed by atoms with Crippen LogP contribution in [0.4, 0.5) is 14.9 Å². The highest BCUT2D eigenvalue weighted by Crippen LogP contribution is 2.25. The fraction of sp³-hybridized carbons (Fsp3) is 0.385. The molecule has 38 heavy (non-hydrogen) atoms. The first-order valence-corrected chi connectivity index (χ1v) is 12.2. The minimum Gasteiger partial charge on any atom is -0.497 e. The maximum atomic E-state index is 13.6. The Kier molecular flexibility index (Phi) is 8.41. The predicted molar refractivity (Wildman–Crippen MR) is 133 cm³/mol. The highest BCUT2D eigenvalue weighted by molar-refractivity contribution is 5.97. The lowest BCUT2D eigenvalue weighted by Gasteiger charge is -2.31. The largest absolute Gasteiger partial charge is 0.497 e. The molecule has 2 aromatic rings. The number of anilines is 1. The van der Waals surface area contributed by atoms with Gasteiger partial charge in [-0.05, 0) is 54.8 Å². The Bertz CT molecular complexity index is 1170. The topological polar surface area (TPSA) is 138 Å². The zero-order valence-electron chi connectivity index (χ0n) is 20.8. The summed E-state index contributed by atoms with van der Waals surface area (Å²) in [6, 6.07) is 10.0.